The molecule has 0 heterocycles. The van der Waals surface area contributed by atoms with E-state index < -0.39 is 15.6 Å². The largest absolute Gasteiger partial charge is 0.524 e. The molecule has 0 atom stereocenters. The molecule has 0 aliphatic rings. The van der Waals surface area contributed by atoms with E-state index in [0.717, 1.165) is 10.8 Å². The van der Waals surface area contributed by atoms with Gasteiger partial charge in [0, 0.05) is 29.8 Å². The number of hydrogen-bond acceptors (Lipinski definition) is 5. The third kappa shape index (κ3) is 5.72. The van der Waals surface area contributed by atoms with Crippen molar-refractivity contribution in [1.82, 2.24) is 0 Å². The minimum absolute atomic E-state index is 0.000643. The van der Waals surface area contributed by atoms with Gasteiger partial charge in [0.1, 0.15) is 0 Å². The SMILES string of the molecule is O=C(CCCCCSOS(=O)(=O)C(F)(F)F)c1ccc2ccccc2c1. The number of rotatable bonds is 9. The molecule has 2 aromatic carbocycles. The summed E-state index contributed by atoms with van der Waals surface area (Å²) < 4.78 is 61.3. The van der Waals surface area contributed by atoms with Gasteiger partial charge in [0.2, 0.25) is 0 Å². The Morgan fingerprint density at radius 3 is 2.38 bits per heavy atom. The van der Waals surface area contributed by atoms with Gasteiger partial charge in [0.15, 0.2) is 5.78 Å². The van der Waals surface area contributed by atoms with Crippen molar-refractivity contribution >= 4 is 38.7 Å². The third-order valence-corrected chi connectivity index (χ3v) is 5.75. The summed E-state index contributed by atoms with van der Waals surface area (Å²) in [5, 5.41) is 2.03. The zero-order chi connectivity index (χ0) is 19.2. The molecule has 0 radical (unpaired) electrons. The number of carbonyl (C=O) groups is 1. The van der Waals surface area contributed by atoms with Gasteiger partial charge in [-0.2, -0.15) is 25.2 Å². The standard InChI is InChI=1S/C17H17F3O4S2/c18-17(19,20)26(22,23)24-25-11-5-1-2-8-16(21)15-10-9-13-6-3-4-7-14(13)12-15/h3-4,6-7,9-10,12H,1-2,5,8,11H2. The van der Waals surface area contributed by atoms with E-state index in [1.54, 1.807) is 6.07 Å². The summed E-state index contributed by atoms with van der Waals surface area (Å²) in [4.78, 5) is 12.2. The first kappa shape index (κ1) is 20.7. The summed E-state index contributed by atoms with van der Waals surface area (Å²) >= 11 is 0.251. The van der Waals surface area contributed by atoms with Crippen LogP contribution in [0.5, 0.6) is 0 Å². The number of halogens is 3. The molecule has 0 spiro atoms. The molecule has 0 unspecified atom stereocenters. The van der Waals surface area contributed by atoms with E-state index in [2.05, 4.69) is 3.63 Å². The Hall–Kier alpha value is -1.58. The van der Waals surface area contributed by atoms with Crippen LogP contribution in [-0.2, 0) is 13.7 Å². The normalized spacial score (nSPS) is 12.4. The fraction of sp³-hybridized carbons (Fsp3) is 0.353. The monoisotopic (exact) mass is 406 g/mol. The predicted molar refractivity (Wildman–Crippen MR) is 95.3 cm³/mol. The Balaban J connectivity index is 1.69. The third-order valence-electron chi connectivity index (χ3n) is 3.62. The predicted octanol–water partition coefficient (Wildman–Crippen LogP) is 5.10. The average molecular weight is 406 g/mol. The minimum Gasteiger partial charge on any atom is -0.294 e. The molecule has 4 nitrogen and oxygen atoms in total. The Bertz CT molecular complexity index is 864. The van der Waals surface area contributed by atoms with Crippen LogP contribution in [0.4, 0.5) is 13.2 Å². The Morgan fingerprint density at radius 1 is 1.00 bits per heavy atom. The first-order valence-corrected chi connectivity index (χ1v) is 10.2. The van der Waals surface area contributed by atoms with Crippen molar-refractivity contribution in [3.63, 3.8) is 0 Å². The van der Waals surface area contributed by atoms with Crippen LogP contribution in [0.25, 0.3) is 10.8 Å². The number of alkyl halides is 3. The average Bonchev–Trinajstić information content (AvgIpc) is 2.59. The molecule has 142 valence electrons. The highest BCUT2D eigenvalue weighted by molar-refractivity contribution is 8.04. The summed E-state index contributed by atoms with van der Waals surface area (Å²) in [6, 6.07) is 13.2. The maximum absolute atomic E-state index is 12.2. The van der Waals surface area contributed by atoms with Crippen LogP contribution >= 0.6 is 12.0 Å². The first-order valence-electron chi connectivity index (χ1n) is 7.85. The van der Waals surface area contributed by atoms with Gasteiger partial charge in [-0.3, -0.25) is 4.79 Å². The molecule has 0 fully saturated rings. The maximum atomic E-state index is 12.2. The molecule has 0 bridgehead atoms. The molecule has 0 aromatic heterocycles. The summed E-state index contributed by atoms with van der Waals surface area (Å²) in [5.41, 5.74) is -4.79. The summed E-state index contributed by atoms with van der Waals surface area (Å²) in [7, 11) is -5.55. The van der Waals surface area contributed by atoms with Crippen LogP contribution in [0.1, 0.15) is 36.0 Å². The number of fused-ring (bicyclic) bond motifs is 1. The molecule has 0 N–H and O–H groups in total. The molecule has 2 rings (SSSR count). The van der Waals surface area contributed by atoms with E-state index in [1.165, 1.54) is 0 Å². The Kier molecular flexibility index (Phi) is 7.08. The molecule has 9 heteroatoms. The molecular weight excluding hydrogens is 389 g/mol. The smallest absolute Gasteiger partial charge is 0.294 e. The van der Waals surface area contributed by atoms with Gasteiger partial charge in [-0.15, -0.1) is 0 Å². The molecule has 0 aliphatic heterocycles. The van der Waals surface area contributed by atoms with E-state index in [0.29, 0.717) is 31.2 Å². The second-order valence-electron chi connectivity index (χ2n) is 5.59. The highest BCUT2D eigenvalue weighted by Gasteiger charge is 2.47. The summed E-state index contributed by atoms with van der Waals surface area (Å²) in [5.74, 6) is 0.0961. The lowest BCUT2D eigenvalue weighted by atomic mass is 10.0. The number of Topliss-reactive ketones (excluding diaryl/α,β-unsaturated/α-hetero) is 1. The van der Waals surface area contributed by atoms with Gasteiger partial charge in [-0.05, 0) is 29.7 Å². The molecule has 26 heavy (non-hydrogen) atoms. The lowest BCUT2D eigenvalue weighted by Gasteiger charge is -2.07. The number of ketones is 1. The fourth-order valence-electron chi connectivity index (χ4n) is 2.27. The van der Waals surface area contributed by atoms with Crippen LogP contribution in [0.2, 0.25) is 0 Å². The van der Waals surface area contributed by atoms with Gasteiger partial charge in [0.05, 0.1) is 0 Å². The Morgan fingerprint density at radius 2 is 1.69 bits per heavy atom. The van der Waals surface area contributed by atoms with Crippen molar-refractivity contribution in [2.75, 3.05) is 5.75 Å². The number of unbranched alkanes of at least 4 members (excludes halogenated alkanes) is 2. The van der Waals surface area contributed by atoms with E-state index in [-0.39, 0.29) is 23.6 Å². The van der Waals surface area contributed by atoms with Gasteiger partial charge < -0.3 is 0 Å². The van der Waals surface area contributed by atoms with E-state index in [9.17, 15) is 26.4 Å². The first-order chi connectivity index (χ1) is 12.2. The zero-order valence-corrected chi connectivity index (χ0v) is 15.3. The summed E-state index contributed by atoms with van der Waals surface area (Å²) in [6.07, 6.45) is 1.92. The lowest BCUT2D eigenvalue weighted by molar-refractivity contribution is -0.0494. The topological polar surface area (TPSA) is 60.4 Å². The lowest BCUT2D eigenvalue weighted by Crippen LogP contribution is -2.23. The molecule has 0 saturated carbocycles. The van der Waals surface area contributed by atoms with Crippen LogP contribution in [0, 0.1) is 0 Å². The highest BCUT2D eigenvalue weighted by Crippen LogP contribution is 2.28. The van der Waals surface area contributed by atoms with E-state index in [1.807, 2.05) is 36.4 Å². The van der Waals surface area contributed by atoms with Crippen molar-refractivity contribution in [3.8, 4) is 0 Å². The highest BCUT2D eigenvalue weighted by atomic mass is 32.3. The fourth-order valence-corrected chi connectivity index (χ4v) is 3.68. The second kappa shape index (κ2) is 8.88. The van der Waals surface area contributed by atoms with Gasteiger partial charge in [-0.1, -0.05) is 42.8 Å². The molecule has 2 aromatic rings. The molecule has 0 amide bonds. The van der Waals surface area contributed by atoms with Gasteiger partial charge in [-0.25, -0.2) is 0 Å². The van der Waals surface area contributed by atoms with Crippen LogP contribution in [0.15, 0.2) is 42.5 Å². The number of hydrogen-bond donors (Lipinski definition) is 0. The summed E-state index contributed by atoms with van der Waals surface area (Å²) in [6.45, 7) is 0. The van der Waals surface area contributed by atoms with E-state index in [4.69, 9.17) is 0 Å². The molecule has 0 aliphatic carbocycles. The zero-order valence-electron chi connectivity index (χ0n) is 13.7. The van der Waals surface area contributed by atoms with Crippen molar-refractivity contribution in [3.05, 3.63) is 48.0 Å². The molecule has 0 saturated heterocycles. The number of benzene rings is 2. The minimum atomic E-state index is -5.55. The van der Waals surface area contributed by atoms with Crippen molar-refractivity contribution in [1.29, 1.82) is 0 Å². The second-order valence-corrected chi connectivity index (χ2v) is 8.15. The van der Waals surface area contributed by atoms with Crippen molar-refractivity contribution in [2.24, 2.45) is 0 Å². The van der Waals surface area contributed by atoms with Crippen LogP contribution in [0.3, 0.4) is 0 Å². The van der Waals surface area contributed by atoms with Crippen molar-refractivity contribution in [2.45, 2.75) is 31.2 Å². The van der Waals surface area contributed by atoms with Gasteiger partial charge in [0.25, 0.3) is 0 Å². The maximum Gasteiger partial charge on any atom is 0.524 e. The Labute approximate surface area is 154 Å². The number of carbonyl (C=O) groups excluding carboxylic acids is 1. The van der Waals surface area contributed by atoms with E-state index >= 15 is 0 Å². The van der Waals surface area contributed by atoms with Gasteiger partial charge >= 0.3 is 15.6 Å². The van der Waals surface area contributed by atoms with Crippen LogP contribution in [-0.4, -0.2) is 25.5 Å². The van der Waals surface area contributed by atoms with Crippen LogP contribution < -0.4 is 0 Å². The molecular formula is C17H17F3O4S2. The van der Waals surface area contributed by atoms with Crippen molar-refractivity contribution < 1.29 is 30.0 Å². The quantitative estimate of drug-likeness (QED) is 0.251.